The van der Waals surface area contributed by atoms with Crippen molar-refractivity contribution >= 4 is 16.1 Å². The number of benzene rings is 1. The van der Waals surface area contributed by atoms with Gasteiger partial charge in [0.1, 0.15) is 0 Å². The average molecular weight is 284 g/mol. The molecule has 0 saturated heterocycles. The van der Waals surface area contributed by atoms with Gasteiger partial charge in [0.05, 0.1) is 11.5 Å². The van der Waals surface area contributed by atoms with Crippen molar-refractivity contribution in [3.05, 3.63) is 42.0 Å². The molecule has 0 aliphatic carbocycles. The summed E-state index contributed by atoms with van der Waals surface area (Å²) in [6.45, 7) is 5.18. The Balaban J connectivity index is 2.60. The van der Waals surface area contributed by atoms with Crippen LogP contribution < -0.4 is 0 Å². The summed E-state index contributed by atoms with van der Waals surface area (Å²) in [7, 11) is -4.22. The Hall–Kier alpha value is -1.66. The van der Waals surface area contributed by atoms with E-state index in [9.17, 15) is 13.2 Å². The number of aryl methyl sites for hydroxylation is 1. The molecule has 1 N–H and O–H groups in total. The summed E-state index contributed by atoms with van der Waals surface area (Å²) in [5.41, 5.74) is 0.815. The van der Waals surface area contributed by atoms with Crippen molar-refractivity contribution in [3.8, 4) is 0 Å². The molecular formula is C13H16O5S. The third kappa shape index (κ3) is 4.84. The summed E-state index contributed by atoms with van der Waals surface area (Å²) in [6, 6.07) is 6.17. The monoisotopic (exact) mass is 284 g/mol. The molecule has 0 aliphatic rings. The van der Waals surface area contributed by atoms with E-state index in [1.165, 1.54) is 12.1 Å². The number of hydrogen-bond acceptors (Lipinski definition) is 4. The van der Waals surface area contributed by atoms with Crippen molar-refractivity contribution in [2.75, 3.05) is 6.61 Å². The van der Waals surface area contributed by atoms with Crippen LogP contribution in [0.1, 0.15) is 18.9 Å². The highest BCUT2D eigenvalue weighted by Gasteiger charge is 2.14. The molecule has 1 aromatic carbocycles. The number of ether oxygens (including phenoxy) is 1. The van der Waals surface area contributed by atoms with Crippen molar-refractivity contribution in [2.45, 2.75) is 24.7 Å². The molecule has 6 heteroatoms. The summed E-state index contributed by atoms with van der Waals surface area (Å²) < 4.78 is 36.2. The first kappa shape index (κ1) is 15.4. The Morgan fingerprint density at radius 3 is 2.58 bits per heavy atom. The van der Waals surface area contributed by atoms with Crippen molar-refractivity contribution in [1.82, 2.24) is 0 Å². The molecular weight excluding hydrogens is 268 g/mol. The summed E-state index contributed by atoms with van der Waals surface area (Å²) in [5, 5.41) is 0. The summed E-state index contributed by atoms with van der Waals surface area (Å²) in [5.74, 6) is -0.469. The van der Waals surface area contributed by atoms with E-state index in [0.717, 1.165) is 0 Å². The molecule has 19 heavy (non-hydrogen) atoms. The topological polar surface area (TPSA) is 80.7 Å². The zero-order valence-corrected chi connectivity index (χ0v) is 11.4. The van der Waals surface area contributed by atoms with Crippen LogP contribution in [0.2, 0.25) is 0 Å². The van der Waals surface area contributed by atoms with Crippen LogP contribution in [0.15, 0.2) is 41.3 Å². The van der Waals surface area contributed by atoms with E-state index in [0.29, 0.717) is 24.0 Å². The summed E-state index contributed by atoms with van der Waals surface area (Å²) >= 11 is 0. The second-order valence-electron chi connectivity index (χ2n) is 4.10. The van der Waals surface area contributed by atoms with Gasteiger partial charge in [0.2, 0.25) is 0 Å². The van der Waals surface area contributed by atoms with E-state index >= 15 is 0 Å². The molecule has 104 valence electrons. The Kier molecular flexibility index (Phi) is 5.26. The molecule has 0 fully saturated rings. The first-order chi connectivity index (χ1) is 8.82. The second-order valence-corrected chi connectivity index (χ2v) is 5.49. The van der Waals surface area contributed by atoms with E-state index in [4.69, 9.17) is 9.29 Å². The van der Waals surface area contributed by atoms with Gasteiger partial charge < -0.3 is 4.74 Å². The van der Waals surface area contributed by atoms with Crippen molar-refractivity contribution in [3.63, 3.8) is 0 Å². The molecule has 0 saturated carbocycles. The van der Waals surface area contributed by atoms with Crippen LogP contribution in [-0.4, -0.2) is 25.5 Å². The minimum atomic E-state index is -4.22. The highest BCUT2D eigenvalue weighted by atomic mass is 32.2. The SMILES string of the molecule is C=C(C)C(=O)OCCCc1ccccc1S(=O)(=O)O. The number of carbonyl (C=O) groups excluding carboxylic acids is 1. The van der Waals surface area contributed by atoms with Crippen molar-refractivity contribution < 1.29 is 22.5 Å². The van der Waals surface area contributed by atoms with Crippen LogP contribution >= 0.6 is 0 Å². The number of hydrogen-bond donors (Lipinski definition) is 1. The minimum Gasteiger partial charge on any atom is -0.462 e. The maximum Gasteiger partial charge on any atom is 0.333 e. The molecule has 0 aromatic heterocycles. The highest BCUT2D eigenvalue weighted by molar-refractivity contribution is 7.85. The molecule has 1 aromatic rings. The van der Waals surface area contributed by atoms with Crippen molar-refractivity contribution in [1.29, 1.82) is 0 Å². The predicted molar refractivity (Wildman–Crippen MR) is 70.4 cm³/mol. The van der Waals surface area contributed by atoms with Crippen LogP contribution in [0, 0.1) is 0 Å². The summed E-state index contributed by atoms with van der Waals surface area (Å²) in [4.78, 5) is 11.0. The van der Waals surface area contributed by atoms with Crippen LogP contribution in [0.4, 0.5) is 0 Å². The Morgan fingerprint density at radius 2 is 2.00 bits per heavy atom. The molecule has 0 heterocycles. The van der Waals surface area contributed by atoms with Gasteiger partial charge in [-0.25, -0.2) is 4.79 Å². The van der Waals surface area contributed by atoms with Gasteiger partial charge in [0, 0.05) is 5.57 Å². The average Bonchev–Trinajstić information content (AvgIpc) is 2.33. The van der Waals surface area contributed by atoms with E-state index in [2.05, 4.69) is 6.58 Å². The third-order valence-electron chi connectivity index (χ3n) is 2.42. The number of rotatable bonds is 6. The fourth-order valence-electron chi connectivity index (χ4n) is 1.51. The Morgan fingerprint density at radius 1 is 1.37 bits per heavy atom. The van der Waals surface area contributed by atoms with Crippen LogP contribution in [-0.2, 0) is 26.1 Å². The van der Waals surface area contributed by atoms with Gasteiger partial charge >= 0.3 is 5.97 Å². The molecule has 0 atom stereocenters. The Labute approximate surface area is 112 Å². The van der Waals surface area contributed by atoms with Crippen LogP contribution in [0.3, 0.4) is 0 Å². The molecule has 0 aliphatic heterocycles. The van der Waals surface area contributed by atoms with Crippen molar-refractivity contribution in [2.24, 2.45) is 0 Å². The first-order valence-corrected chi connectivity index (χ1v) is 7.14. The van der Waals surface area contributed by atoms with Gasteiger partial charge in [0.25, 0.3) is 10.1 Å². The first-order valence-electron chi connectivity index (χ1n) is 5.70. The van der Waals surface area contributed by atoms with E-state index in [-0.39, 0.29) is 11.5 Å². The fraction of sp³-hybridized carbons (Fsp3) is 0.308. The molecule has 0 spiro atoms. The Bertz CT molecular complexity index is 574. The smallest absolute Gasteiger partial charge is 0.333 e. The van der Waals surface area contributed by atoms with E-state index in [1.54, 1.807) is 19.1 Å². The molecule has 5 nitrogen and oxygen atoms in total. The van der Waals surface area contributed by atoms with Crippen LogP contribution in [0.5, 0.6) is 0 Å². The van der Waals surface area contributed by atoms with Gasteiger partial charge in [-0.05, 0) is 31.4 Å². The fourth-order valence-corrected chi connectivity index (χ4v) is 2.26. The molecule has 0 bridgehead atoms. The lowest BCUT2D eigenvalue weighted by Gasteiger charge is -2.07. The lowest BCUT2D eigenvalue weighted by atomic mass is 10.1. The van der Waals surface area contributed by atoms with E-state index < -0.39 is 16.1 Å². The van der Waals surface area contributed by atoms with Gasteiger partial charge in [0.15, 0.2) is 0 Å². The normalized spacial score (nSPS) is 11.1. The lowest BCUT2D eigenvalue weighted by molar-refractivity contribution is -0.139. The second kappa shape index (κ2) is 6.49. The number of carbonyl (C=O) groups is 1. The standard InChI is InChI=1S/C13H16O5S/c1-10(2)13(14)18-9-5-7-11-6-3-4-8-12(11)19(15,16)17/h3-4,6,8H,1,5,7,9H2,2H3,(H,15,16,17). The molecule has 0 amide bonds. The molecule has 0 radical (unpaired) electrons. The largest absolute Gasteiger partial charge is 0.462 e. The van der Waals surface area contributed by atoms with Crippen LogP contribution in [0.25, 0.3) is 0 Å². The van der Waals surface area contributed by atoms with Gasteiger partial charge in [-0.2, -0.15) is 8.42 Å². The highest BCUT2D eigenvalue weighted by Crippen LogP contribution is 2.16. The lowest BCUT2D eigenvalue weighted by Crippen LogP contribution is -2.08. The number of esters is 1. The minimum absolute atomic E-state index is 0.110. The van der Waals surface area contributed by atoms with Gasteiger partial charge in [-0.3, -0.25) is 4.55 Å². The molecule has 0 unspecified atom stereocenters. The molecule has 1 rings (SSSR count). The maximum absolute atomic E-state index is 11.1. The zero-order valence-electron chi connectivity index (χ0n) is 10.6. The third-order valence-corrected chi connectivity index (χ3v) is 3.38. The van der Waals surface area contributed by atoms with Gasteiger partial charge in [-0.15, -0.1) is 0 Å². The van der Waals surface area contributed by atoms with Gasteiger partial charge in [-0.1, -0.05) is 24.8 Å². The predicted octanol–water partition coefficient (Wildman–Crippen LogP) is 1.99. The zero-order chi connectivity index (χ0) is 14.5. The quantitative estimate of drug-likeness (QED) is 0.374. The van der Waals surface area contributed by atoms with E-state index in [1.807, 2.05) is 0 Å². The maximum atomic E-state index is 11.1. The summed E-state index contributed by atoms with van der Waals surface area (Å²) in [6.07, 6.45) is 0.852.